The third kappa shape index (κ3) is 2.59. The van der Waals surface area contributed by atoms with Crippen LogP contribution in [0.5, 0.6) is 5.75 Å². The minimum absolute atomic E-state index is 0. The second-order valence-corrected chi connectivity index (χ2v) is 2.30. The van der Waals surface area contributed by atoms with Crippen molar-refractivity contribution in [2.24, 2.45) is 0 Å². The van der Waals surface area contributed by atoms with E-state index in [-0.39, 0.29) is 42.8 Å². The molecular weight excluding hydrogens is 268 g/mol. The molecule has 3 heteroatoms. The summed E-state index contributed by atoms with van der Waals surface area (Å²) in [4.78, 5) is 0. The van der Waals surface area contributed by atoms with E-state index in [9.17, 15) is 0 Å². The average Bonchev–Trinajstić information content (AvgIpc) is 2.05. The molecule has 1 aliphatic heterocycles. The van der Waals surface area contributed by atoms with E-state index in [1.54, 1.807) is 6.26 Å². The van der Waals surface area contributed by atoms with E-state index in [0.717, 1.165) is 12.2 Å². The molecule has 1 heterocycles. The van der Waals surface area contributed by atoms with Crippen LogP contribution in [-0.2, 0) is 49.2 Å². The summed E-state index contributed by atoms with van der Waals surface area (Å²) in [6.45, 7) is 0. The average molecular weight is 276 g/mol. The van der Waals surface area contributed by atoms with Gasteiger partial charge in [0.2, 0.25) is 0 Å². The van der Waals surface area contributed by atoms with Crippen LogP contribution in [-0.4, -0.2) is 0 Å². The minimum Gasteiger partial charge on any atom is -0.465 e. The van der Waals surface area contributed by atoms with E-state index in [4.69, 9.17) is 4.74 Å². The van der Waals surface area contributed by atoms with Gasteiger partial charge in [-0.05, 0) is 24.1 Å². The number of ether oxygens (including phenoxy) is 1. The third-order valence-corrected chi connectivity index (χ3v) is 1.60. The normalized spacial score (nSPS) is 11.7. The standard InChI is InChI=1S/C9H8O.Mo.Ti/c1-2-6-9-8(4-1)5-3-7-10-9;;/h1-4,6-7H,5H2;;. The Morgan fingerprint density at radius 2 is 1.92 bits per heavy atom. The van der Waals surface area contributed by atoms with Crippen molar-refractivity contribution < 1.29 is 47.5 Å². The number of benzene rings is 1. The molecular formula is C9H8MoOTi. The van der Waals surface area contributed by atoms with Crippen molar-refractivity contribution in [2.45, 2.75) is 6.42 Å². The Balaban J connectivity index is 0.000000605. The second-order valence-electron chi connectivity index (χ2n) is 2.30. The first-order chi connectivity index (χ1) is 4.97. The molecule has 0 bridgehead atoms. The zero-order chi connectivity index (χ0) is 6.81. The van der Waals surface area contributed by atoms with Gasteiger partial charge in [-0.25, -0.2) is 0 Å². The van der Waals surface area contributed by atoms with Crippen LogP contribution >= 0.6 is 0 Å². The summed E-state index contributed by atoms with van der Waals surface area (Å²) in [5.41, 5.74) is 1.27. The fourth-order valence-electron chi connectivity index (χ4n) is 1.08. The van der Waals surface area contributed by atoms with Crippen LogP contribution in [0.1, 0.15) is 5.56 Å². The van der Waals surface area contributed by atoms with Crippen molar-refractivity contribution in [1.82, 2.24) is 0 Å². The summed E-state index contributed by atoms with van der Waals surface area (Å²) in [5, 5.41) is 0. The van der Waals surface area contributed by atoms with Crippen LogP contribution in [0.3, 0.4) is 0 Å². The molecule has 1 nitrogen and oxygen atoms in total. The van der Waals surface area contributed by atoms with Crippen molar-refractivity contribution >= 4 is 0 Å². The van der Waals surface area contributed by atoms with Crippen molar-refractivity contribution in [1.29, 1.82) is 0 Å². The Bertz CT molecular complexity index is 246. The number of hydrogen-bond acceptors (Lipinski definition) is 1. The van der Waals surface area contributed by atoms with Crippen LogP contribution in [0.15, 0.2) is 36.6 Å². The smallest absolute Gasteiger partial charge is 0.130 e. The molecule has 60 valence electrons. The van der Waals surface area contributed by atoms with Gasteiger partial charge in [-0.1, -0.05) is 18.2 Å². The molecule has 0 fully saturated rings. The van der Waals surface area contributed by atoms with Gasteiger partial charge in [0.05, 0.1) is 6.26 Å². The molecule has 0 atom stereocenters. The van der Waals surface area contributed by atoms with Crippen LogP contribution in [0.2, 0.25) is 0 Å². The van der Waals surface area contributed by atoms with E-state index in [1.807, 2.05) is 24.3 Å². The summed E-state index contributed by atoms with van der Waals surface area (Å²) in [5.74, 6) is 0.991. The van der Waals surface area contributed by atoms with Gasteiger partial charge in [0.25, 0.3) is 0 Å². The number of allylic oxidation sites excluding steroid dienone is 1. The SMILES string of the molecule is C1=COc2ccccc2C1.[Mo].[Ti]. The van der Waals surface area contributed by atoms with E-state index in [2.05, 4.69) is 6.07 Å². The molecule has 1 aromatic carbocycles. The summed E-state index contributed by atoms with van der Waals surface area (Å²) in [7, 11) is 0. The number of fused-ring (bicyclic) bond motifs is 1. The maximum absolute atomic E-state index is 5.24. The minimum atomic E-state index is 0. The molecule has 0 spiro atoms. The Morgan fingerprint density at radius 3 is 2.67 bits per heavy atom. The summed E-state index contributed by atoms with van der Waals surface area (Å²) in [6.07, 6.45) is 4.75. The number of rotatable bonds is 0. The Morgan fingerprint density at radius 1 is 1.17 bits per heavy atom. The Labute approximate surface area is 101 Å². The number of hydrogen-bond donors (Lipinski definition) is 0. The monoisotopic (exact) mass is 278 g/mol. The molecule has 0 radical (unpaired) electrons. The molecule has 12 heavy (non-hydrogen) atoms. The predicted molar refractivity (Wildman–Crippen MR) is 39.9 cm³/mol. The topological polar surface area (TPSA) is 9.23 Å². The Hall–Kier alpha value is 0.163. The Kier molecular flexibility index (Phi) is 5.83. The van der Waals surface area contributed by atoms with Crippen molar-refractivity contribution in [2.75, 3.05) is 0 Å². The fraction of sp³-hybridized carbons (Fsp3) is 0.111. The van der Waals surface area contributed by atoms with Gasteiger partial charge in [0.15, 0.2) is 0 Å². The molecule has 0 unspecified atom stereocenters. The quantitative estimate of drug-likeness (QED) is 0.659. The molecule has 0 aliphatic carbocycles. The molecule has 0 saturated carbocycles. The van der Waals surface area contributed by atoms with Gasteiger partial charge in [0, 0.05) is 42.8 Å². The van der Waals surface area contributed by atoms with E-state index >= 15 is 0 Å². The molecule has 1 aromatic rings. The van der Waals surface area contributed by atoms with E-state index < -0.39 is 0 Å². The van der Waals surface area contributed by atoms with E-state index in [0.29, 0.717) is 0 Å². The molecule has 0 saturated heterocycles. The van der Waals surface area contributed by atoms with Crippen LogP contribution in [0.4, 0.5) is 0 Å². The van der Waals surface area contributed by atoms with Crippen LogP contribution in [0, 0.1) is 0 Å². The van der Waals surface area contributed by atoms with Crippen molar-refractivity contribution in [3.8, 4) is 5.75 Å². The zero-order valence-corrected chi connectivity index (χ0v) is 10.1. The maximum atomic E-state index is 5.24. The summed E-state index contributed by atoms with van der Waals surface area (Å²) < 4.78 is 5.24. The molecule has 2 rings (SSSR count). The molecule has 0 amide bonds. The van der Waals surface area contributed by atoms with Gasteiger partial charge in [-0.2, -0.15) is 0 Å². The second kappa shape index (κ2) is 5.75. The summed E-state index contributed by atoms with van der Waals surface area (Å²) in [6, 6.07) is 8.08. The first kappa shape index (κ1) is 12.2. The fourth-order valence-corrected chi connectivity index (χ4v) is 1.08. The van der Waals surface area contributed by atoms with Gasteiger partial charge in [0.1, 0.15) is 5.75 Å². The zero-order valence-electron chi connectivity index (χ0n) is 6.49. The van der Waals surface area contributed by atoms with Gasteiger partial charge >= 0.3 is 0 Å². The predicted octanol–water partition coefficient (Wildman–Crippen LogP) is 2.13. The van der Waals surface area contributed by atoms with Crippen LogP contribution in [0.25, 0.3) is 0 Å². The van der Waals surface area contributed by atoms with Crippen molar-refractivity contribution in [3.63, 3.8) is 0 Å². The molecule has 0 aromatic heterocycles. The first-order valence-corrected chi connectivity index (χ1v) is 3.36. The van der Waals surface area contributed by atoms with Crippen molar-refractivity contribution in [3.05, 3.63) is 42.2 Å². The van der Waals surface area contributed by atoms with Gasteiger partial charge < -0.3 is 4.74 Å². The molecule has 0 N–H and O–H groups in total. The largest absolute Gasteiger partial charge is 0.465 e. The maximum Gasteiger partial charge on any atom is 0.130 e. The van der Waals surface area contributed by atoms with Gasteiger partial charge in [-0.3, -0.25) is 0 Å². The third-order valence-electron chi connectivity index (χ3n) is 1.60. The van der Waals surface area contributed by atoms with Gasteiger partial charge in [-0.15, -0.1) is 0 Å². The number of para-hydroxylation sites is 1. The van der Waals surface area contributed by atoms with Crippen LogP contribution < -0.4 is 4.74 Å². The van der Waals surface area contributed by atoms with E-state index in [1.165, 1.54) is 5.56 Å². The summed E-state index contributed by atoms with van der Waals surface area (Å²) >= 11 is 0. The first-order valence-electron chi connectivity index (χ1n) is 3.36. The molecule has 1 aliphatic rings.